The van der Waals surface area contributed by atoms with Gasteiger partial charge in [-0.05, 0) is 19.1 Å². The van der Waals surface area contributed by atoms with Crippen molar-refractivity contribution in [3.63, 3.8) is 0 Å². The van der Waals surface area contributed by atoms with Gasteiger partial charge in [-0.3, -0.25) is 4.79 Å². The van der Waals surface area contributed by atoms with E-state index in [0.29, 0.717) is 29.4 Å². The number of nitrogens with one attached hydrogen (secondary N) is 2. The SMILES string of the molecule is COCCNC(=O)C(C)Nc1cccc(Cl)c1C#N. The Morgan fingerprint density at radius 3 is 2.95 bits per heavy atom. The lowest BCUT2D eigenvalue weighted by atomic mass is 10.1. The number of methoxy groups -OCH3 is 1. The van der Waals surface area contributed by atoms with Crippen LogP contribution in [-0.4, -0.2) is 32.2 Å². The van der Waals surface area contributed by atoms with Crippen molar-refractivity contribution in [1.82, 2.24) is 5.32 Å². The van der Waals surface area contributed by atoms with Crippen LogP contribution in [0.15, 0.2) is 18.2 Å². The van der Waals surface area contributed by atoms with E-state index in [2.05, 4.69) is 10.6 Å². The molecule has 1 amide bonds. The maximum absolute atomic E-state index is 11.8. The van der Waals surface area contributed by atoms with Crippen LogP contribution in [0.4, 0.5) is 5.69 Å². The topological polar surface area (TPSA) is 74.2 Å². The van der Waals surface area contributed by atoms with Gasteiger partial charge in [-0.2, -0.15) is 5.26 Å². The van der Waals surface area contributed by atoms with Crippen molar-refractivity contribution in [1.29, 1.82) is 5.26 Å². The van der Waals surface area contributed by atoms with Gasteiger partial charge < -0.3 is 15.4 Å². The van der Waals surface area contributed by atoms with Crippen LogP contribution in [-0.2, 0) is 9.53 Å². The molecule has 0 bridgehead atoms. The fourth-order valence-electron chi connectivity index (χ4n) is 1.49. The second-order valence-electron chi connectivity index (χ2n) is 3.92. The number of anilines is 1. The smallest absolute Gasteiger partial charge is 0.242 e. The van der Waals surface area contributed by atoms with Crippen LogP contribution in [0.3, 0.4) is 0 Å². The van der Waals surface area contributed by atoms with Gasteiger partial charge >= 0.3 is 0 Å². The van der Waals surface area contributed by atoms with Crippen LogP contribution >= 0.6 is 11.6 Å². The molecule has 0 heterocycles. The van der Waals surface area contributed by atoms with E-state index in [1.54, 1.807) is 32.2 Å². The lowest BCUT2D eigenvalue weighted by Crippen LogP contribution is -2.39. The van der Waals surface area contributed by atoms with Crippen molar-refractivity contribution in [2.45, 2.75) is 13.0 Å². The number of halogens is 1. The monoisotopic (exact) mass is 281 g/mol. The number of nitriles is 1. The zero-order valence-electron chi connectivity index (χ0n) is 10.9. The summed E-state index contributed by atoms with van der Waals surface area (Å²) in [6, 6.07) is 6.61. The minimum absolute atomic E-state index is 0.166. The minimum atomic E-state index is -0.470. The number of amides is 1. The van der Waals surface area contributed by atoms with Crippen LogP contribution in [0.2, 0.25) is 5.02 Å². The van der Waals surface area contributed by atoms with Crippen LogP contribution in [0, 0.1) is 11.3 Å². The third-order valence-corrected chi connectivity index (χ3v) is 2.81. The number of rotatable bonds is 6. The summed E-state index contributed by atoms with van der Waals surface area (Å²) in [5.74, 6) is -0.166. The Bertz CT molecular complexity index is 485. The van der Waals surface area contributed by atoms with Crippen LogP contribution < -0.4 is 10.6 Å². The van der Waals surface area contributed by atoms with Gasteiger partial charge in [-0.15, -0.1) is 0 Å². The Morgan fingerprint density at radius 1 is 1.58 bits per heavy atom. The zero-order valence-corrected chi connectivity index (χ0v) is 11.6. The number of carbonyl (C=O) groups excluding carboxylic acids is 1. The Balaban J connectivity index is 2.67. The van der Waals surface area contributed by atoms with E-state index in [-0.39, 0.29) is 5.91 Å². The van der Waals surface area contributed by atoms with E-state index in [1.807, 2.05) is 6.07 Å². The fourth-order valence-corrected chi connectivity index (χ4v) is 1.70. The van der Waals surface area contributed by atoms with Gasteiger partial charge in [0.05, 0.1) is 22.9 Å². The molecule has 1 aromatic carbocycles. The van der Waals surface area contributed by atoms with Crippen molar-refractivity contribution in [2.75, 3.05) is 25.6 Å². The summed E-state index contributed by atoms with van der Waals surface area (Å²) in [6.07, 6.45) is 0. The molecule has 6 heteroatoms. The molecule has 0 aromatic heterocycles. The minimum Gasteiger partial charge on any atom is -0.383 e. The number of hydrogen-bond donors (Lipinski definition) is 2. The van der Waals surface area contributed by atoms with Gasteiger partial charge in [-0.25, -0.2) is 0 Å². The zero-order chi connectivity index (χ0) is 14.3. The summed E-state index contributed by atoms with van der Waals surface area (Å²) >= 11 is 5.92. The Hall–Kier alpha value is -1.77. The van der Waals surface area contributed by atoms with E-state index >= 15 is 0 Å². The molecule has 5 nitrogen and oxygen atoms in total. The third-order valence-electron chi connectivity index (χ3n) is 2.50. The summed E-state index contributed by atoms with van der Waals surface area (Å²) < 4.78 is 4.85. The summed E-state index contributed by atoms with van der Waals surface area (Å²) in [6.45, 7) is 2.62. The Kier molecular flexibility index (Phi) is 6.13. The predicted octanol–water partition coefficient (Wildman–Crippen LogP) is 1.77. The average molecular weight is 282 g/mol. The molecule has 0 saturated carbocycles. The van der Waals surface area contributed by atoms with E-state index < -0.39 is 6.04 Å². The van der Waals surface area contributed by atoms with Crippen LogP contribution in [0.25, 0.3) is 0 Å². The van der Waals surface area contributed by atoms with E-state index in [1.165, 1.54) is 0 Å². The van der Waals surface area contributed by atoms with Crippen LogP contribution in [0.5, 0.6) is 0 Å². The Morgan fingerprint density at radius 2 is 2.32 bits per heavy atom. The lowest BCUT2D eigenvalue weighted by molar-refractivity contribution is -0.121. The highest BCUT2D eigenvalue weighted by molar-refractivity contribution is 6.32. The van der Waals surface area contributed by atoms with Gasteiger partial charge in [0.15, 0.2) is 0 Å². The molecule has 0 radical (unpaired) electrons. The normalized spacial score (nSPS) is 11.5. The maximum atomic E-state index is 11.8. The molecule has 1 aromatic rings. The molecule has 19 heavy (non-hydrogen) atoms. The summed E-state index contributed by atoms with van der Waals surface area (Å²) in [7, 11) is 1.57. The number of ether oxygens (including phenoxy) is 1. The molecule has 2 N–H and O–H groups in total. The number of nitrogens with zero attached hydrogens (tertiary/aromatic N) is 1. The van der Waals surface area contributed by atoms with E-state index in [0.717, 1.165) is 0 Å². The number of hydrogen-bond acceptors (Lipinski definition) is 4. The summed E-state index contributed by atoms with van der Waals surface area (Å²) in [5.41, 5.74) is 0.880. The highest BCUT2D eigenvalue weighted by atomic mass is 35.5. The molecule has 0 saturated heterocycles. The molecular weight excluding hydrogens is 266 g/mol. The quantitative estimate of drug-likeness (QED) is 0.780. The lowest BCUT2D eigenvalue weighted by Gasteiger charge is -2.16. The third kappa shape index (κ3) is 4.43. The molecule has 0 spiro atoms. The fraction of sp³-hybridized carbons (Fsp3) is 0.385. The molecule has 1 atom stereocenters. The first-order valence-electron chi connectivity index (χ1n) is 5.82. The molecule has 0 fully saturated rings. The molecule has 102 valence electrons. The first-order chi connectivity index (χ1) is 9.10. The van der Waals surface area contributed by atoms with Crippen molar-refractivity contribution < 1.29 is 9.53 Å². The number of benzene rings is 1. The predicted molar refractivity (Wildman–Crippen MR) is 74.1 cm³/mol. The molecule has 1 unspecified atom stereocenters. The number of carbonyl (C=O) groups is 1. The first kappa shape index (κ1) is 15.3. The highest BCUT2D eigenvalue weighted by Crippen LogP contribution is 2.23. The van der Waals surface area contributed by atoms with Gasteiger partial charge in [0.1, 0.15) is 12.1 Å². The largest absolute Gasteiger partial charge is 0.383 e. The van der Waals surface area contributed by atoms with Gasteiger partial charge in [0.25, 0.3) is 0 Å². The average Bonchev–Trinajstić information content (AvgIpc) is 2.39. The van der Waals surface area contributed by atoms with Gasteiger partial charge in [-0.1, -0.05) is 17.7 Å². The molecule has 0 aliphatic rings. The molecular formula is C13H16ClN3O2. The molecule has 1 rings (SSSR count). The van der Waals surface area contributed by atoms with Crippen molar-refractivity contribution >= 4 is 23.2 Å². The molecule has 0 aliphatic carbocycles. The van der Waals surface area contributed by atoms with E-state index in [4.69, 9.17) is 21.6 Å². The van der Waals surface area contributed by atoms with Crippen LogP contribution in [0.1, 0.15) is 12.5 Å². The second kappa shape index (κ2) is 7.62. The molecule has 0 aliphatic heterocycles. The summed E-state index contributed by atoms with van der Waals surface area (Å²) in [5, 5.41) is 15.1. The van der Waals surface area contributed by atoms with Gasteiger partial charge in [0, 0.05) is 13.7 Å². The maximum Gasteiger partial charge on any atom is 0.242 e. The van der Waals surface area contributed by atoms with Gasteiger partial charge in [0.2, 0.25) is 5.91 Å². The van der Waals surface area contributed by atoms with Crippen molar-refractivity contribution in [3.05, 3.63) is 28.8 Å². The first-order valence-corrected chi connectivity index (χ1v) is 6.19. The Labute approximate surface area is 117 Å². The highest BCUT2D eigenvalue weighted by Gasteiger charge is 2.14. The van der Waals surface area contributed by atoms with E-state index in [9.17, 15) is 4.79 Å². The van der Waals surface area contributed by atoms with Crippen molar-refractivity contribution in [3.8, 4) is 6.07 Å². The standard InChI is InChI=1S/C13H16ClN3O2/c1-9(13(18)16-6-7-19-2)17-12-5-3-4-11(14)10(12)8-15/h3-5,9,17H,6-7H2,1-2H3,(H,16,18). The second-order valence-corrected chi connectivity index (χ2v) is 4.33. The van der Waals surface area contributed by atoms with Crippen molar-refractivity contribution in [2.24, 2.45) is 0 Å². The summed E-state index contributed by atoms with van der Waals surface area (Å²) in [4.78, 5) is 11.8.